The molecular weight excluding hydrogens is 504 g/mol. The molecule has 1 amide bonds. The zero-order valence-electron chi connectivity index (χ0n) is 21.3. The Kier molecular flexibility index (Phi) is 8.63. The summed E-state index contributed by atoms with van der Waals surface area (Å²) in [6.45, 7) is 10.2. The van der Waals surface area contributed by atoms with Crippen molar-refractivity contribution in [2.24, 2.45) is 0 Å². The van der Waals surface area contributed by atoms with Gasteiger partial charge in [-0.3, -0.25) is 4.79 Å². The fourth-order valence-electron chi connectivity index (χ4n) is 4.08. The fourth-order valence-corrected chi connectivity index (χ4v) is 4.36. The molecule has 3 aromatic rings. The lowest BCUT2D eigenvalue weighted by Crippen LogP contribution is -2.46. The first-order chi connectivity index (χ1) is 18.4. The van der Waals surface area contributed by atoms with Crippen molar-refractivity contribution in [3.05, 3.63) is 65.8 Å². The molecule has 1 aliphatic heterocycles. The predicted octanol–water partition coefficient (Wildman–Crippen LogP) is 4.76. The van der Waals surface area contributed by atoms with E-state index < -0.39 is 0 Å². The third-order valence-electron chi connectivity index (χ3n) is 6.18. The summed E-state index contributed by atoms with van der Waals surface area (Å²) in [7, 11) is 1.58. The Morgan fingerprint density at radius 1 is 1.21 bits per heavy atom. The van der Waals surface area contributed by atoms with E-state index in [2.05, 4.69) is 55.3 Å². The van der Waals surface area contributed by atoms with Gasteiger partial charge in [-0.2, -0.15) is 10.2 Å². The standard InChI is InChI=1S/C27H29ClN8O2/c1-4-25(37)32-23-15-24(36-11-9-35(5-2)10-12-36)21(28)14-22(23)33-27-30-17-18(16-29)26(34-27)31-19-7-6-8-20(13-19)38-3/h4,6-8,13-15,17H,1,5,9-12H2,2-3H3,(H,32,37)(H2,30,31,33,34). The Labute approximate surface area is 226 Å². The highest BCUT2D eigenvalue weighted by Crippen LogP contribution is 2.37. The maximum absolute atomic E-state index is 12.2. The van der Waals surface area contributed by atoms with Crippen molar-refractivity contribution < 1.29 is 9.53 Å². The molecule has 0 aliphatic carbocycles. The number of nitrogens with zero attached hydrogens (tertiary/aromatic N) is 5. The van der Waals surface area contributed by atoms with Crippen molar-refractivity contribution in [2.45, 2.75) is 6.92 Å². The lowest BCUT2D eigenvalue weighted by atomic mass is 10.2. The number of rotatable bonds is 9. The summed E-state index contributed by atoms with van der Waals surface area (Å²) >= 11 is 6.72. The summed E-state index contributed by atoms with van der Waals surface area (Å²) in [5.74, 6) is 0.822. The molecule has 1 aromatic heterocycles. The van der Waals surface area contributed by atoms with Gasteiger partial charge in [0.2, 0.25) is 11.9 Å². The zero-order chi connectivity index (χ0) is 27.1. The van der Waals surface area contributed by atoms with E-state index in [9.17, 15) is 10.1 Å². The summed E-state index contributed by atoms with van der Waals surface area (Å²) in [6.07, 6.45) is 2.62. The first-order valence-electron chi connectivity index (χ1n) is 12.1. The Balaban J connectivity index is 1.64. The molecule has 4 rings (SSSR count). The first kappa shape index (κ1) is 26.7. The molecule has 0 saturated carbocycles. The van der Waals surface area contributed by atoms with E-state index in [0.717, 1.165) is 38.4 Å². The van der Waals surface area contributed by atoms with Gasteiger partial charge in [-0.15, -0.1) is 0 Å². The number of carbonyl (C=O) groups is 1. The van der Waals surface area contributed by atoms with Gasteiger partial charge in [-0.25, -0.2) is 4.98 Å². The third-order valence-corrected chi connectivity index (χ3v) is 6.48. The van der Waals surface area contributed by atoms with Crippen LogP contribution in [0.1, 0.15) is 12.5 Å². The van der Waals surface area contributed by atoms with Crippen LogP contribution in [0, 0.1) is 11.3 Å². The van der Waals surface area contributed by atoms with Crippen LogP contribution in [0.3, 0.4) is 0 Å². The Morgan fingerprint density at radius 2 is 2.00 bits per heavy atom. The van der Waals surface area contributed by atoms with Crippen molar-refractivity contribution in [3.8, 4) is 11.8 Å². The fraction of sp³-hybridized carbons (Fsp3) is 0.259. The first-order valence-corrected chi connectivity index (χ1v) is 12.5. The van der Waals surface area contributed by atoms with Crippen molar-refractivity contribution in [3.63, 3.8) is 0 Å². The normalized spacial score (nSPS) is 13.4. The molecule has 2 aromatic carbocycles. The van der Waals surface area contributed by atoms with E-state index in [1.165, 1.54) is 12.3 Å². The highest BCUT2D eigenvalue weighted by atomic mass is 35.5. The van der Waals surface area contributed by atoms with Gasteiger partial charge >= 0.3 is 0 Å². The molecule has 38 heavy (non-hydrogen) atoms. The van der Waals surface area contributed by atoms with Gasteiger partial charge in [0.1, 0.15) is 17.4 Å². The molecule has 11 heteroatoms. The number of nitrogens with one attached hydrogen (secondary N) is 3. The molecule has 196 valence electrons. The second kappa shape index (κ2) is 12.3. The molecule has 0 atom stereocenters. The number of carbonyl (C=O) groups excluding carboxylic acids is 1. The van der Waals surface area contributed by atoms with Crippen molar-refractivity contribution in [2.75, 3.05) is 60.7 Å². The van der Waals surface area contributed by atoms with Gasteiger partial charge in [0.15, 0.2) is 5.82 Å². The summed E-state index contributed by atoms with van der Waals surface area (Å²) in [4.78, 5) is 25.6. The molecule has 3 N–H and O–H groups in total. The maximum atomic E-state index is 12.2. The molecule has 1 saturated heterocycles. The number of ether oxygens (including phenoxy) is 1. The van der Waals surface area contributed by atoms with E-state index in [4.69, 9.17) is 16.3 Å². The molecule has 0 unspecified atom stereocenters. The minimum atomic E-state index is -0.363. The summed E-state index contributed by atoms with van der Waals surface area (Å²) in [5, 5.41) is 19.2. The van der Waals surface area contributed by atoms with Gasteiger partial charge in [0, 0.05) is 37.9 Å². The number of hydrogen-bond acceptors (Lipinski definition) is 9. The van der Waals surface area contributed by atoms with E-state index in [1.54, 1.807) is 19.2 Å². The molecular formula is C27H29ClN8O2. The molecule has 2 heterocycles. The monoisotopic (exact) mass is 532 g/mol. The smallest absolute Gasteiger partial charge is 0.247 e. The molecule has 10 nitrogen and oxygen atoms in total. The SMILES string of the molecule is C=CC(=O)Nc1cc(N2CCN(CC)CC2)c(Cl)cc1Nc1ncc(C#N)c(Nc2cccc(OC)c2)n1. The third kappa shape index (κ3) is 6.32. The molecule has 0 radical (unpaired) electrons. The second-order valence-corrected chi connectivity index (χ2v) is 8.92. The lowest BCUT2D eigenvalue weighted by Gasteiger charge is -2.36. The predicted molar refractivity (Wildman–Crippen MR) is 151 cm³/mol. The van der Waals surface area contributed by atoms with Gasteiger partial charge in [0.25, 0.3) is 0 Å². The zero-order valence-corrected chi connectivity index (χ0v) is 22.0. The summed E-state index contributed by atoms with van der Waals surface area (Å²) in [5.41, 5.74) is 2.78. The quantitative estimate of drug-likeness (QED) is 0.335. The van der Waals surface area contributed by atoms with E-state index >= 15 is 0 Å². The van der Waals surface area contributed by atoms with Crippen LogP contribution in [0.4, 0.5) is 34.5 Å². The number of methoxy groups -OCH3 is 1. The number of hydrogen-bond donors (Lipinski definition) is 3. The van der Waals surface area contributed by atoms with Crippen LogP contribution in [0.2, 0.25) is 5.02 Å². The number of aromatic nitrogens is 2. The molecule has 0 bridgehead atoms. The number of amides is 1. The van der Waals surface area contributed by atoms with Gasteiger partial charge in [0.05, 0.1) is 35.4 Å². The van der Waals surface area contributed by atoms with Crippen LogP contribution in [-0.4, -0.2) is 60.6 Å². The Hall–Kier alpha value is -4.33. The summed E-state index contributed by atoms with van der Waals surface area (Å²) < 4.78 is 5.27. The van der Waals surface area contributed by atoms with Crippen LogP contribution >= 0.6 is 11.6 Å². The van der Waals surface area contributed by atoms with Crippen molar-refractivity contribution in [1.82, 2.24) is 14.9 Å². The number of piperazine rings is 1. The minimum absolute atomic E-state index is 0.212. The minimum Gasteiger partial charge on any atom is -0.497 e. The van der Waals surface area contributed by atoms with E-state index in [-0.39, 0.29) is 17.4 Å². The summed E-state index contributed by atoms with van der Waals surface area (Å²) in [6, 6.07) is 12.9. The number of anilines is 6. The Bertz CT molecular complexity index is 1370. The number of likely N-dealkylation sites (N-methyl/N-ethyl adjacent to an activating group) is 1. The topological polar surface area (TPSA) is 118 Å². The van der Waals surface area contributed by atoms with E-state index in [0.29, 0.717) is 33.7 Å². The number of halogens is 1. The van der Waals surface area contributed by atoms with Crippen LogP contribution < -0.4 is 25.6 Å². The van der Waals surface area contributed by atoms with Crippen LogP contribution in [-0.2, 0) is 4.79 Å². The number of nitriles is 1. The Morgan fingerprint density at radius 3 is 2.68 bits per heavy atom. The van der Waals surface area contributed by atoms with Gasteiger partial charge in [-0.1, -0.05) is 31.2 Å². The number of benzene rings is 2. The molecule has 0 spiro atoms. The maximum Gasteiger partial charge on any atom is 0.247 e. The lowest BCUT2D eigenvalue weighted by molar-refractivity contribution is -0.111. The van der Waals surface area contributed by atoms with Crippen LogP contribution in [0.15, 0.2) is 55.3 Å². The average molecular weight is 533 g/mol. The largest absolute Gasteiger partial charge is 0.497 e. The molecule has 1 aliphatic rings. The van der Waals surface area contributed by atoms with Crippen LogP contribution in [0.25, 0.3) is 0 Å². The van der Waals surface area contributed by atoms with Gasteiger partial charge < -0.3 is 30.5 Å². The molecule has 1 fully saturated rings. The van der Waals surface area contributed by atoms with Crippen molar-refractivity contribution in [1.29, 1.82) is 5.26 Å². The van der Waals surface area contributed by atoms with Gasteiger partial charge in [-0.05, 0) is 36.9 Å². The second-order valence-electron chi connectivity index (χ2n) is 8.51. The average Bonchev–Trinajstić information content (AvgIpc) is 2.94. The highest BCUT2D eigenvalue weighted by molar-refractivity contribution is 6.34. The van der Waals surface area contributed by atoms with Crippen LogP contribution in [0.5, 0.6) is 5.75 Å². The van der Waals surface area contributed by atoms with E-state index in [1.807, 2.05) is 24.3 Å². The highest BCUT2D eigenvalue weighted by Gasteiger charge is 2.21. The van der Waals surface area contributed by atoms with Crippen molar-refractivity contribution >= 4 is 52.0 Å².